The quantitative estimate of drug-likeness (QED) is 0.649. The molecule has 3 heteroatoms. The average Bonchev–Trinajstić information content (AvgIpc) is 2.56. The zero-order chi connectivity index (χ0) is 9.26. The monoisotopic (exact) mass is 179 g/mol. The van der Waals surface area contributed by atoms with Crippen molar-refractivity contribution in [2.45, 2.75) is 19.4 Å². The van der Waals surface area contributed by atoms with Gasteiger partial charge >= 0.3 is 0 Å². The van der Waals surface area contributed by atoms with E-state index in [0.29, 0.717) is 12.0 Å². The number of rotatable bonds is 1. The molecular formula is C10H17N3. The highest BCUT2D eigenvalue weighted by Gasteiger charge is 2.25. The lowest BCUT2D eigenvalue weighted by Crippen LogP contribution is -2.37. The molecule has 0 aromatic carbocycles. The van der Waals surface area contributed by atoms with Crippen molar-refractivity contribution in [1.82, 2.24) is 14.7 Å². The summed E-state index contributed by atoms with van der Waals surface area (Å²) in [4.78, 5) is 2.39. The summed E-state index contributed by atoms with van der Waals surface area (Å²) in [6.45, 7) is 4.68. The van der Waals surface area contributed by atoms with Crippen LogP contribution in [0.25, 0.3) is 0 Å². The van der Waals surface area contributed by atoms with Gasteiger partial charge in [0.05, 0.1) is 6.04 Å². The van der Waals surface area contributed by atoms with Crippen molar-refractivity contribution in [3.63, 3.8) is 0 Å². The van der Waals surface area contributed by atoms with Gasteiger partial charge in [-0.15, -0.1) is 0 Å². The molecule has 1 saturated heterocycles. The third kappa shape index (κ3) is 1.75. The summed E-state index contributed by atoms with van der Waals surface area (Å²) in [6, 6.07) is 2.61. The molecule has 1 fully saturated rings. The van der Waals surface area contributed by atoms with Crippen LogP contribution in [-0.2, 0) is 0 Å². The Morgan fingerprint density at radius 3 is 2.92 bits per heavy atom. The molecule has 0 radical (unpaired) electrons. The smallest absolute Gasteiger partial charge is 0.0569 e. The molecule has 0 unspecified atom stereocenters. The Labute approximate surface area is 79.3 Å². The highest BCUT2D eigenvalue weighted by Crippen LogP contribution is 2.26. The van der Waals surface area contributed by atoms with E-state index in [1.807, 2.05) is 12.3 Å². The zero-order valence-electron chi connectivity index (χ0n) is 8.35. The maximum Gasteiger partial charge on any atom is 0.0569 e. The van der Waals surface area contributed by atoms with Gasteiger partial charge in [0.1, 0.15) is 0 Å². The lowest BCUT2D eigenvalue weighted by Gasteiger charge is -2.34. The summed E-state index contributed by atoms with van der Waals surface area (Å²) in [5.41, 5.74) is 0. The third-order valence-corrected chi connectivity index (χ3v) is 2.93. The van der Waals surface area contributed by atoms with Crippen molar-refractivity contribution in [3.05, 3.63) is 18.5 Å². The third-order valence-electron chi connectivity index (χ3n) is 2.93. The molecule has 1 aliphatic rings. The zero-order valence-corrected chi connectivity index (χ0v) is 8.35. The van der Waals surface area contributed by atoms with Crippen molar-refractivity contribution in [1.29, 1.82) is 0 Å². The number of aromatic nitrogens is 2. The van der Waals surface area contributed by atoms with Crippen molar-refractivity contribution >= 4 is 0 Å². The van der Waals surface area contributed by atoms with Gasteiger partial charge in [-0.3, -0.25) is 4.68 Å². The molecule has 0 amide bonds. The van der Waals surface area contributed by atoms with E-state index >= 15 is 0 Å². The highest BCUT2D eigenvalue weighted by atomic mass is 15.3. The van der Waals surface area contributed by atoms with Crippen LogP contribution in [0, 0.1) is 5.92 Å². The summed E-state index contributed by atoms with van der Waals surface area (Å²) in [5, 5.41) is 4.31. The van der Waals surface area contributed by atoms with Gasteiger partial charge in [-0.2, -0.15) is 5.10 Å². The Kier molecular flexibility index (Phi) is 2.36. The van der Waals surface area contributed by atoms with E-state index in [2.05, 4.69) is 34.8 Å². The van der Waals surface area contributed by atoms with E-state index in [1.165, 1.54) is 19.5 Å². The maximum absolute atomic E-state index is 4.31. The summed E-state index contributed by atoms with van der Waals surface area (Å²) < 4.78 is 2.11. The number of hydrogen-bond acceptors (Lipinski definition) is 2. The topological polar surface area (TPSA) is 21.1 Å². The second kappa shape index (κ2) is 3.50. The number of hydrogen-bond donors (Lipinski definition) is 0. The van der Waals surface area contributed by atoms with Gasteiger partial charge in [0.25, 0.3) is 0 Å². The van der Waals surface area contributed by atoms with Gasteiger partial charge in [0, 0.05) is 18.9 Å². The molecule has 2 rings (SSSR count). The van der Waals surface area contributed by atoms with E-state index < -0.39 is 0 Å². The minimum absolute atomic E-state index is 0.603. The van der Waals surface area contributed by atoms with Crippen LogP contribution in [0.1, 0.15) is 19.4 Å². The van der Waals surface area contributed by atoms with Crippen molar-refractivity contribution in [2.75, 3.05) is 20.1 Å². The van der Waals surface area contributed by atoms with Crippen LogP contribution in [0.5, 0.6) is 0 Å². The van der Waals surface area contributed by atoms with Gasteiger partial charge in [0.2, 0.25) is 0 Å². The first-order chi connectivity index (χ1) is 6.27. The van der Waals surface area contributed by atoms with Crippen LogP contribution < -0.4 is 0 Å². The van der Waals surface area contributed by atoms with E-state index in [0.717, 1.165) is 0 Å². The molecule has 2 atom stereocenters. The molecule has 3 nitrogen and oxygen atoms in total. The van der Waals surface area contributed by atoms with Gasteiger partial charge in [-0.1, -0.05) is 6.92 Å². The summed E-state index contributed by atoms with van der Waals surface area (Å²) >= 11 is 0. The minimum atomic E-state index is 0.603. The predicted molar refractivity (Wildman–Crippen MR) is 52.5 cm³/mol. The van der Waals surface area contributed by atoms with Crippen molar-refractivity contribution in [2.24, 2.45) is 5.92 Å². The van der Waals surface area contributed by atoms with Gasteiger partial charge < -0.3 is 4.90 Å². The molecule has 0 spiro atoms. The van der Waals surface area contributed by atoms with Crippen LogP contribution in [-0.4, -0.2) is 34.8 Å². The lowest BCUT2D eigenvalue weighted by molar-refractivity contribution is 0.150. The largest absolute Gasteiger partial charge is 0.306 e. The fourth-order valence-corrected chi connectivity index (χ4v) is 2.21. The van der Waals surface area contributed by atoms with Crippen LogP contribution in [0.4, 0.5) is 0 Å². The number of nitrogens with zero attached hydrogens (tertiary/aromatic N) is 3. The Morgan fingerprint density at radius 1 is 1.46 bits per heavy atom. The molecule has 0 N–H and O–H groups in total. The maximum atomic E-state index is 4.31. The molecule has 0 bridgehead atoms. The fourth-order valence-electron chi connectivity index (χ4n) is 2.21. The van der Waals surface area contributed by atoms with E-state index in [-0.39, 0.29) is 0 Å². The number of piperidine rings is 1. The fraction of sp³-hybridized carbons (Fsp3) is 0.700. The minimum Gasteiger partial charge on any atom is -0.306 e. The normalized spacial score (nSPS) is 30.6. The van der Waals surface area contributed by atoms with E-state index in [4.69, 9.17) is 0 Å². The first kappa shape index (κ1) is 8.75. The number of likely N-dealkylation sites (tertiary alicyclic amines) is 1. The molecule has 1 aromatic rings. The van der Waals surface area contributed by atoms with Crippen LogP contribution in [0.15, 0.2) is 18.5 Å². The molecule has 1 aliphatic heterocycles. The SMILES string of the molecule is C[C@@H]1CN(C)CC[C@H]1n1cccn1. The summed E-state index contributed by atoms with van der Waals surface area (Å²) in [5.74, 6) is 0.707. The molecule has 0 aliphatic carbocycles. The first-order valence-corrected chi connectivity index (χ1v) is 4.95. The second-order valence-corrected chi connectivity index (χ2v) is 4.08. The van der Waals surface area contributed by atoms with Crippen molar-refractivity contribution < 1.29 is 0 Å². The van der Waals surface area contributed by atoms with Crippen LogP contribution in [0.2, 0.25) is 0 Å². The Bertz CT molecular complexity index is 255. The molecule has 0 saturated carbocycles. The highest BCUT2D eigenvalue weighted by molar-refractivity contribution is 4.86. The lowest BCUT2D eigenvalue weighted by atomic mass is 9.94. The molecule has 72 valence electrons. The summed E-state index contributed by atoms with van der Waals surface area (Å²) in [7, 11) is 2.19. The Hall–Kier alpha value is -0.830. The van der Waals surface area contributed by atoms with Crippen molar-refractivity contribution in [3.8, 4) is 0 Å². The molecule has 13 heavy (non-hydrogen) atoms. The molecule has 1 aromatic heterocycles. The molecule has 2 heterocycles. The standard InChI is InChI=1S/C10H17N3/c1-9-8-12(2)7-4-10(9)13-6-3-5-11-13/h3,5-6,9-10H,4,7-8H2,1-2H3/t9-,10-/m1/s1. The van der Waals surface area contributed by atoms with Gasteiger partial charge in [-0.25, -0.2) is 0 Å². The second-order valence-electron chi connectivity index (χ2n) is 4.08. The first-order valence-electron chi connectivity index (χ1n) is 4.95. The average molecular weight is 179 g/mol. The van der Waals surface area contributed by atoms with Gasteiger partial charge in [-0.05, 0) is 32.0 Å². The Balaban J connectivity index is 2.08. The van der Waals surface area contributed by atoms with Gasteiger partial charge in [0.15, 0.2) is 0 Å². The predicted octanol–water partition coefficient (Wildman–Crippen LogP) is 1.40. The van der Waals surface area contributed by atoms with E-state index in [1.54, 1.807) is 0 Å². The Morgan fingerprint density at radius 2 is 2.31 bits per heavy atom. The van der Waals surface area contributed by atoms with Crippen LogP contribution >= 0.6 is 0 Å². The molecular weight excluding hydrogens is 162 g/mol. The summed E-state index contributed by atoms with van der Waals surface area (Å²) in [6.07, 6.45) is 5.16. The van der Waals surface area contributed by atoms with Crippen LogP contribution in [0.3, 0.4) is 0 Å². The van der Waals surface area contributed by atoms with E-state index in [9.17, 15) is 0 Å².